The van der Waals surface area contributed by atoms with Crippen molar-refractivity contribution in [1.29, 1.82) is 0 Å². The monoisotopic (exact) mass is 147 g/mol. The van der Waals surface area contributed by atoms with Crippen LogP contribution in [0.4, 0.5) is 0 Å². The van der Waals surface area contributed by atoms with E-state index in [9.17, 15) is 0 Å². The van der Waals surface area contributed by atoms with Crippen molar-refractivity contribution in [3.8, 4) is 0 Å². The number of hydrogen-bond donors (Lipinski definition) is 0. The lowest BCUT2D eigenvalue weighted by atomic mass is 10.9. The van der Waals surface area contributed by atoms with Crippen molar-refractivity contribution < 1.29 is 16.0 Å². The highest BCUT2D eigenvalue weighted by molar-refractivity contribution is 4.77. The molecule has 1 aliphatic rings. The molecule has 0 aromatic carbocycles. The lowest BCUT2D eigenvalue weighted by molar-refractivity contribution is -0.402. The molecule has 6 nitrogen and oxygen atoms in total. The summed E-state index contributed by atoms with van der Waals surface area (Å²) in [7, 11) is 0. The number of rotatable bonds is 0. The smallest absolute Gasteiger partial charge is 0.466 e. The summed E-state index contributed by atoms with van der Waals surface area (Å²) >= 11 is 0. The Balaban J connectivity index is 0. The fourth-order valence-corrected chi connectivity index (χ4v) is 0.219. The van der Waals surface area contributed by atoms with E-state index in [0.717, 1.165) is 0 Å². The highest BCUT2D eigenvalue weighted by Gasteiger charge is 1.74. The summed E-state index contributed by atoms with van der Waals surface area (Å²) < 4.78 is 9.17. The maximum Gasteiger partial charge on any atom is 1.00 e. The standard InChI is InChI=1S/C4H4O2.NO3/c1-2-6-4-3-5-1;2-1(3)4/h1-4H;/q;-1/p+1. The van der Waals surface area contributed by atoms with Crippen LogP contribution >= 0.6 is 0 Å². The summed E-state index contributed by atoms with van der Waals surface area (Å²) in [5.41, 5.74) is 0. The molecule has 1 heterocycles. The summed E-state index contributed by atoms with van der Waals surface area (Å²) in [6.45, 7) is 0. The van der Waals surface area contributed by atoms with Crippen LogP contribution in [-0.2, 0) is 9.47 Å². The topological polar surface area (TPSA) is 84.7 Å². The van der Waals surface area contributed by atoms with Gasteiger partial charge in [0.25, 0.3) is 0 Å². The van der Waals surface area contributed by atoms with Gasteiger partial charge in [0, 0.05) is 0 Å². The van der Waals surface area contributed by atoms with Gasteiger partial charge in [0.1, 0.15) is 25.0 Å². The van der Waals surface area contributed by atoms with Gasteiger partial charge in [0.05, 0.1) is 5.09 Å². The Hall–Kier alpha value is -1.72. The molecule has 0 amide bonds. The van der Waals surface area contributed by atoms with E-state index in [-0.39, 0.29) is 1.43 Å². The second-order valence-corrected chi connectivity index (χ2v) is 1.04. The first kappa shape index (κ1) is 8.28. The molecule has 0 saturated heterocycles. The van der Waals surface area contributed by atoms with Crippen LogP contribution in [0.1, 0.15) is 1.43 Å². The minimum atomic E-state index is -1.75. The van der Waals surface area contributed by atoms with Gasteiger partial charge in [-0.1, -0.05) is 0 Å². The molecule has 56 valence electrons. The third-order valence-corrected chi connectivity index (χ3v) is 0.425. The first-order valence-corrected chi connectivity index (χ1v) is 2.16. The Morgan fingerprint density at radius 1 is 1.10 bits per heavy atom. The third kappa shape index (κ3) is 9.56. The predicted octanol–water partition coefficient (Wildman–Crippen LogP) is 0.849. The van der Waals surface area contributed by atoms with E-state index >= 15 is 0 Å². The van der Waals surface area contributed by atoms with Crippen LogP contribution in [-0.4, -0.2) is 5.09 Å². The van der Waals surface area contributed by atoms with E-state index in [4.69, 9.17) is 15.3 Å². The van der Waals surface area contributed by atoms with Gasteiger partial charge in [-0.3, -0.25) is 0 Å². The molecule has 0 aromatic heterocycles. The van der Waals surface area contributed by atoms with Gasteiger partial charge in [-0.2, -0.15) is 0 Å². The summed E-state index contributed by atoms with van der Waals surface area (Å²) in [6.07, 6.45) is 5.83. The Bertz CT molecular complexity index is 133. The molecule has 0 spiro atoms. The Kier molecular flexibility index (Phi) is 4.49. The van der Waals surface area contributed by atoms with E-state index in [2.05, 4.69) is 9.47 Å². The van der Waals surface area contributed by atoms with Gasteiger partial charge in [-0.25, -0.2) is 0 Å². The fourth-order valence-electron chi connectivity index (χ4n) is 0.219. The van der Waals surface area contributed by atoms with E-state index in [1.54, 1.807) is 0 Å². The van der Waals surface area contributed by atoms with Crippen molar-refractivity contribution in [3.05, 3.63) is 40.4 Å². The summed E-state index contributed by atoms with van der Waals surface area (Å²) in [6, 6.07) is 0. The highest BCUT2D eigenvalue weighted by atomic mass is 16.9. The zero-order valence-corrected chi connectivity index (χ0v) is 4.80. The molecule has 0 bridgehead atoms. The minimum Gasteiger partial charge on any atom is -0.466 e. The van der Waals surface area contributed by atoms with E-state index in [1.165, 1.54) is 25.0 Å². The average molecular weight is 147 g/mol. The van der Waals surface area contributed by atoms with Crippen LogP contribution in [0.5, 0.6) is 0 Å². The van der Waals surface area contributed by atoms with Gasteiger partial charge in [0.15, 0.2) is 0 Å². The summed E-state index contributed by atoms with van der Waals surface area (Å²) in [5, 5.41) is 14.8. The molecule has 1 aliphatic heterocycles. The molecule has 0 fully saturated rings. The van der Waals surface area contributed by atoms with Crippen molar-refractivity contribution in [3.63, 3.8) is 0 Å². The molecule has 0 aliphatic carbocycles. The molecule has 10 heavy (non-hydrogen) atoms. The lowest BCUT2D eigenvalue weighted by Crippen LogP contribution is -1.74. The SMILES string of the molecule is C1=COC=CO1.O=[N+]([O-])[O-].[H+]. The second-order valence-electron chi connectivity index (χ2n) is 1.04. The van der Waals surface area contributed by atoms with Crippen molar-refractivity contribution in [2.75, 3.05) is 0 Å². The molecule has 0 aromatic rings. The van der Waals surface area contributed by atoms with Crippen LogP contribution in [0.3, 0.4) is 0 Å². The zero-order chi connectivity index (χ0) is 7.82. The maximum absolute atomic E-state index is 8.25. The maximum atomic E-state index is 8.25. The first-order chi connectivity index (χ1) is 4.73. The van der Waals surface area contributed by atoms with E-state index < -0.39 is 5.09 Å². The quantitative estimate of drug-likeness (QED) is 0.374. The van der Waals surface area contributed by atoms with Crippen LogP contribution < -0.4 is 0 Å². The van der Waals surface area contributed by atoms with Crippen LogP contribution in [0.15, 0.2) is 25.0 Å². The van der Waals surface area contributed by atoms with E-state index in [1.807, 2.05) is 0 Å². The van der Waals surface area contributed by atoms with Gasteiger partial charge in [0.2, 0.25) is 0 Å². The normalized spacial score (nSPS) is 12.0. The molecule has 0 atom stereocenters. The predicted molar refractivity (Wildman–Crippen MR) is 31.9 cm³/mol. The highest BCUT2D eigenvalue weighted by Crippen LogP contribution is 1.89. The number of ether oxygens (including phenoxy) is 2. The summed E-state index contributed by atoms with van der Waals surface area (Å²) in [4.78, 5) is 8.25. The molecule has 0 N–H and O–H groups in total. The molecule has 6 heteroatoms. The Morgan fingerprint density at radius 3 is 1.40 bits per heavy atom. The van der Waals surface area contributed by atoms with Gasteiger partial charge in [-0.15, -0.1) is 0 Å². The Labute approximate surface area is 57.6 Å². The second kappa shape index (κ2) is 5.42. The first-order valence-electron chi connectivity index (χ1n) is 2.16. The van der Waals surface area contributed by atoms with Gasteiger partial charge >= 0.3 is 1.43 Å². The molecule has 0 radical (unpaired) electrons. The van der Waals surface area contributed by atoms with Crippen LogP contribution in [0, 0.1) is 15.3 Å². The third-order valence-electron chi connectivity index (χ3n) is 0.425. The molecular formula is C4H5NO5. The van der Waals surface area contributed by atoms with Gasteiger partial charge in [-0.05, 0) is 0 Å². The number of nitrogens with zero attached hydrogens (tertiary/aromatic N) is 1. The average Bonchev–Trinajstić information content (AvgIpc) is 1.90. The van der Waals surface area contributed by atoms with Crippen molar-refractivity contribution in [1.82, 2.24) is 0 Å². The molecule has 1 rings (SSSR count). The van der Waals surface area contributed by atoms with Crippen molar-refractivity contribution in [2.45, 2.75) is 0 Å². The van der Waals surface area contributed by atoms with Crippen LogP contribution in [0.2, 0.25) is 0 Å². The Morgan fingerprint density at radius 2 is 1.30 bits per heavy atom. The van der Waals surface area contributed by atoms with Crippen molar-refractivity contribution >= 4 is 0 Å². The molecule has 0 unspecified atom stereocenters. The lowest BCUT2D eigenvalue weighted by Gasteiger charge is -1.94. The zero-order valence-electron chi connectivity index (χ0n) is 5.80. The molecular weight excluding hydrogens is 142 g/mol. The van der Waals surface area contributed by atoms with Crippen LogP contribution in [0.25, 0.3) is 0 Å². The molecule has 0 saturated carbocycles. The van der Waals surface area contributed by atoms with Crippen molar-refractivity contribution in [2.24, 2.45) is 0 Å². The van der Waals surface area contributed by atoms with Gasteiger partial charge < -0.3 is 24.8 Å². The number of hydrogen-bond acceptors (Lipinski definition) is 5. The fraction of sp³-hybridized carbons (Fsp3) is 0. The van der Waals surface area contributed by atoms with E-state index in [0.29, 0.717) is 0 Å². The summed E-state index contributed by atoms with van der Waals surface area (Å²) in [5.74, 6) is 0. The largest absolute Gasteiger partial charge is 1.00 e. The minimum absolute atomic E-state index is 0.